The summed E-state index contributed by atoms with van der Waals surface area (Å²) in [4.78, 5) is 23.1. The topological polar surface area (TPSA) is 105 Å². The highest BCUT2D eigenvalue weighted by atomic mass is 31.2. The molecule has 56 heavy (non-hydrogen) atoms. The van der Waals surface area contributed by atoms with E-state index in [4.69, 9.17) is 9.05 Å². The maximum atomic E-state index is 12.9. The average molecular weight is 808 g/mol. The molecule has 0 heterocycles. The molecule has 0 aromatic carbocycles. The van der Waals surface area contributed by atoms with E-state index in [2.05, 4.69) is 67.8 Å². The quantitative estimate of drug-likeness (QED) is 0.0246. The molecular formula is C47H88N2O6P+. The molecule has 0 radical (unpaired) electrons. The first-order chi connectivity index (χ1) is 27.0. The number of aliphatic hydroxyl groups is 1. The molecule has 0 saturated heterocycles. The maximum absolute atomic E-state index is 12.9. The predicted molar refractivity (Wildman–Crippen MR) is 240 cm³/mol. The second-order valence-electron chi connectivity index (χ2n) is 16.4. The fourth-order valence-electron chi connectivity index (χ4n) is 6.04. The fourth-order valence-corrected chi connectivity index (χ4v) is 6.78. The van der Waals surface area contributed by atoms with Crippen LogP contribution in [0.3, 0.4) is 0 Å². The number of carbonyl (C=O) groups excluding carboxylic acids is 1. The molecule has 0 spiro atoms. The van der Waals surface area contributed by atoms with Gasteiger partial charge in [0.15, 0.2) is 0 Å². The molecule has 0 aromatic rings. The third kappa shape index (κ3) is 40.4. The van der Waals surface area contributed by atoms with Gasteiger partial charge in [-0.3, -0.25) is 13.8 Å². The van der Waals surface area contributed by atoms with Crippen LogP contribution in [0, 0.1) is 0 Å². The number of phosphoric acid groups is 1. The molecule has 0 saturated carbocycles. The molecule has 0 fully saturated rings. The SMILES string of the molecule is CCCCC/C=C\C/C=C\CCCCCCCCCC(=O)NC(COP(=O)(O)OCC[N+](C)(C)C)C(O)/C=C/CC/C=C/CC/C=C/CCCCCCCCC. The van der Waals surface area contributed by atoms with Gasteiger partial charge in [-0.25, -0.2) is 4.57 Å². The molecule has 0 aliphatic heterocycles. The summed E-state index contributed by atoms with van der Waals surface area (Å²) in [6.45, 7) is 4.73. The molecule has 0 aliphatic carbocycles. The Labute approximate surface area is 345 Å². The first kappa shape index (κ1) is 54.2. The Morgan fingerprint density at radius 3 is 1.57 bits per heavy atom. The molecule has 9 heteroatoms. The summed E-state index contributed by atoms with van der Waals surface area (Å²) < 4.78 is 23.5. The lowest BCUT2D eigenvalue weighted by atomic mass is 10.1. The fraction of sp³-hybridized carbons (Fsp3) is 0.766. The normalized spacial score (nSPS) is 14.9. The van der Waals surface area contributed by atoms with Gasteiger partial charge in [0.2, 0.25) is 5.91 Å². The molecule has 0 aromatic heterocycles. The van der Waals surface area contributed by atoms with Gasteiger partial charge in [0, 0.05) is 6.42 Å². The molecule has 3 atom stereocenters. The standard InChI is InChI=1S/C47H87N2O6P/c1-6-8-10-12-14-16-18-20-22-24-26-28-30-32-34-36-38-40-46(50)45(44-55-56(52,53)54-43-42-49(3,4)5)48-47(51)41-39-37-35-33-31-29-27-25-23-21-19-17-15-13-11-9-7-2/h15,17,21-24,30,32,38,40,45-46,50H,6-14,16,18-20,25-29,31,33-37,39,41-44H2,1-5H3,(H-,48,51,52,53)/p+1/b17-15-,23-21-,24-22+,32-30+,40-38+. The average Bonchev–Trinajstić information content (AvgIpc) is 3.15. The lowest BCUT2D eigenvalue weighted by Gasteiger charge is -2.25. The van der Waals surface area contributed by atoms with E-state index < -0.39 is 20.0 Å². The maximum Gasteiger partial charge on any atom is 0.472 e. The highest BCUT2D eigenvalue weighted by molar-refractivity contribution is 7.47. The number of phosphoric ester groups is 1. The van der Waals surface area contributed by atoms with Crippen molar-refractivity contribution in [3.63, 3.8) is 0 Å². The molecule has 3 N–H and O–H groups in total. The molecule has 0 bridgehead atoms. The third-order valence-corrected chi connectivity index (χ3v) is 10.7. The minimum absolute atomic E-state index is 0.0496. The predicted octanol–water partition coefficient (Wildman–Crippen LogP) is 12.6. The smallest absolute Gasteiger partial charge is 0.387 e. The van der Waals surface area contributed by atoms with Gasteiger partial charge in [-0.2, -0.15) is 0 Å². The lowest BCUT2D eigenvalue weighted by molar-refractivity contribution is -0.870. The summed E-state index contributed by atoms with van der Waals surface area (Å²) >= 11 is 0. The van der Waals surface area contributed by atoms with Crippen LogP contribution in [0.15, 0.2) is 60.8 Å². The van der Waals surface area contributed by atoms with Crippen LogP contribution in [-0.2, 0) is 18.4 Å². The number of unbranched alkanes of at least 4 members (excludes halogenated alkanes) is 19. The Bertz CT molecular complexity index is 1100. The number of amides is 1. The van der Waals surface area contributed by atoms with E-state index in [9.17, 15) is 19.4 Å². The van der Waals surface area contributed by atoms with Crippen molar-refractivity contribution in [3.8, 4) is 0 Å². The van der Waals surface area contributed by atoms with Crippen molar-refractivity contribution in [1.82, 2.24) is 5.32 Å². The first-order valence-corrected chi connectivity index (χ1v) is 24.2. The van der Waals surface area contributed by atoms with Crippen molar-refractivity contribution in [2.45, 2.75) is 193 Å². The van der Waals surface area contributed by atoms with Crippen LogP contribution in [0.25, 0.3) is 0 Å². The molecule has 0 rings (SSSR count). The number of nitrogens with one attached hydrogen (secondary N) is 1. The summed E-state index contributed by atoms with van der Waals surface area (Å²) in [5.41, 5.74) is 0. The Morgan fingerprint density at radius 1 is 0.607 bits per heavy atom. The van der Waals surface area contributed by atoms with Gasteiger partial charge in [-0.15, -0.1) is 0 Å². The van der Waals surface area contributed by atoms with E-state index in [1.54, 1.807) is 6.08 Å². The minimum Gasteiger partial charge on any atom is -0.387 e. The van der Waals surface area contributed by atoms with Crippen LogP contribution in [0.4, 0.5) is 0 Å². The zero-order valence-electron chi connectivity index (χ0n) is 36.9. The van der Waals surface area contributed by atoms with Gasteiger partial charge < -0.3 is 19.8 Å². The Kier molecular flexibility index (Phi) is 37.5. The number of carbonyl (C=O) groups is 1. The van der Waals surface area contributed by atoms with Crippen LogP contribution in [0.2, 0.25) is 0 Å². The summed E-state index contributed by atoms with van der Waals surface area (Å²) in [7, 11) is 1.53. The van der Waals surface area contributed by atoms with E-state index in [-0.39, 0.29) is 19.1 Å². The van der Waals surface area contributed by atoms with Gasteiger partial charge in [0.25, 0.3) is 0 Å². The Morgan fingerprint density at radius 2 is 1.04 bits per heavy atom. The van der Waals surface area contributed by atoms with E-state index in [0.29, 0.717) is 17.4 Å². The number of quaternary nitrogens is 1. The van der Waals surface area contributed by atoms with Crippen molar-refractivity contribution in [2.24, 2.45) is 0 Å². The molecule has 1 amide bonds. The van der Waals surface area contributed by atoms with Crippen LogP contribution < -0.4 is 5.32 Å². The molecular weight excluding hydrogens is 719 g/mol. The third-order valence-electron chi connectivity index (χ3n) is 9.69. The number of allylic oxidation sites excluding steroid dienone is 9. The number of nitrogens with zero attached hydrogens (tertiary/aromatic N) is 1. The molecule has 0 aliphatic rings. The number of aliphatic hydroxyl groups excluding tert-OH is 1. The van der Waals surface area contributed by atoms with Crippen LogP contribution in [-0.4, -0.2) is 73.4 Å². The zero-order valence-corrected chi connectivity index (χ0v) is 37.8. The van der Waals surface area contributed by atoms with E-state index in [0.717, 1.165) is 64.2 Å². The monoisotopic (exact) mass is 808 g/mol. The van der Waals surface area contributed by atoms with Gasteiger partial charge in [0.1, 0.15) is 13.2 Å². The lowest BCUT2D eigenvalue weighted by Crippen LogP contribution is -2.45. The molecule has 326 valence electrons. The minimum atomic E-state index is -4.35. The van der Waals surface area contributed by atoms with Gasteiger partial charge in [-0.1, -0.05) is 158 Å². The van der Waals surface area contributed by atoms with Gasteiger partial charge >= 0.3 is 7.82 Å². The van der Waals surface area contributed by atoms with Crippen LogP contribution in [0.5, 0.6) is 0 Å². The van der Waals surface area contributed by atoms with Gasteiger partial charge in [0.05, 0.1) is 39.9 Å². The van der Waals surface area contributed by atoms with Crippen LogP contribution in [0.1, 0.15) is 181 Å². The number of hydrogen-bond donors (Lipinski definition) is 3. The van der Waals surface area contributed by atoms with E-state index in [1.807, 2.05) is 27.2 Å². The van der Waals surface area contributed by atoms with E-state index in [1.165, 1.54) is 96.3 Å². The van der Waals surface area contributed by atoms with Crippen molar-refractivity contribution in [3.05, 3.63) is 60.8 Å². The van der Waals surface area contributed by atoms with E-state index >= 15 is 0 Å². The molecule has 3 unspecified atom stereocenters. The highest BCUT2D eigenvalue weighted by Crippen LogP contribution is 2.43. The molecule has 8 nitrogen and oxygen atoms in total. The van der Waals surface area contributed by atoms with Crippen molar-refractivity contribution in [1.29, 1.82) is 0 Å². The summed E-state index contributed by atoms with van der Waals surface area (Å²) in [6.07, 6.45) is 50.0. The second-order valence-corrected chi connectivity index (χ2v) is 17.9. The van der Waals surface area contributed by atoms with Crippen molar-refractivity contribution in [2.75, 3.05) is 40.9 Å². The number of rotatable bonds is 40. The number of likely N-dealkylation sites (N-methyl/N-ethyl adjacent to an activating group) is 1. The van der Waals surface area contributed by atoms with Crippen molar-refractivity contribution >= 4 is 13.7 Å². The van der Waals surface area contributed by atoms with Crippen molar-refractivity contribution < 1.29 is 32.9 Å². The Hall–Kier alpha value is -1.80. The summed E-state index contributed by atoms with van der Waals surface area (Å²) in [5, 5.41) is 13.8. The number of hydrogen-bond acceptors (Lipinski definition) is 5. The van der Waals surface area contributed by atoms with Gasteiger partial charge in [-0.05, 0) is 77.0 Å². The summed E-state index contributed by atoms with van der Waals surface area (Å²) in [5.74, 6) is -0.202. The second kappa shape index (κ2) is 38.7. The largest absolute Gasteiger partial charge is 0.472 e. The Balaban J connectivity index is 4.52. The highest BCUT2D eigenvalue weighted by Gasteiger charge is 2.27. The summed E-state index contributed by atoms with van der Waals surface area (Å²) in [6, 6.07) is -0.875. The van der Waals surface area contributed by atoms with Crippen LogP contribution >= 0.6 is 7.82 Å². The first-order valence-electron chi connectivity index (χ1n) is 22.7. The zero-order chi connectivity index (χ0) is 41.4.